The Morgan fingerprint density at radius 3 is 2.63 bits per heavy atom. The van der Waals surface area contributed by atoms with Crippen molar-refractivity contribution in [2.45, 2.75) is 37.8 Å². The molecule has 0 amide bonds. The van der Waals surface area contributed by atoms with Crippen molar-refractivity contribution in [3.8, 4) is 11.1 Å². The molecule has 0 radical (unpaired) electrons. The topological polar surface area (TPSA) is 50.1 Å². The summed E-state index contributed by atoms with van der Waals surface area (Å²) >= 11 is 0. The molecule has 0 aliphatic carbocycles. The molecule has 0 bridgehead atoms. The first-order valence-electron chi connectivity index (χ1n) is 12.3. The van der Waals surface area contributed by atoms with Crippen LogP contribution < -0.4 is 4.90 Å². The second kappa shape index (κ2) is 9.00. The quantitative estimate of drug-likeness (QED) is 0.398. The molecule has 2 saturated heterocycles. The van der Waals surface area contributed by atoms with Crippen LogP contribution >= 0.6 is 0 Å². The van der Waals surface area contributed by atoms with Gasteiger partial charge in [-0.05, 0) is 81.7 Å². The molecular weight excluding hydrogens is 446 g/mol. The van der Waals surface area contributed by atoms with E-state index in [4.69, 9.17) is 0 Å². The van der Waals surface area contributed by atoms with E-state index < -0.39 is 5.82 Å². The number of rotatable bonds is 4. The molecule has 2 aromatic carbocycles. The average molecular weight is 475 g/mol. The monoisotopic (exact) mass is 474 g/mol. The highest BCUT2D eigenvalue weighted by Gasteiger charge is 2.30. The molecule has 35 heavy (non-hydrogen) atoms. The number of aromatic nitrogens is 4. The van der Waals surface area contributed by atoms with Gasteiger partial charge in [0, 0.05) is 29.3 Å². The molecule has 2 aliphatic heterocycles. The maximum atomic E-state index is 14.6. The summed E-state index contributed by atoms with van der Waals surface area (Å²) in [6, 6.07) is 10.0. The molecule has 0 spiro atoms. The Kier molecular flexibility index (Phi) is 5.68. The van der Waals surface area contributed by atoms with Crippen molar-refractivity contribution in [1.29, 1.82) is 0 Å². The van der Waals surface area contributed by atoms with E-state index >= 15 is 0 Å². The van der Waals surface area contributed by atoms with Crippen molar-refractivity contribution in [2.24, 2.45) is 0 Å². The number of anilines is 1. The fourth-order valence-corrected chi connectivity index (χ4v) is 5.51. The summed E-state index contributed by atoms with van der Waals surface area (Å²) in [6.07, 6.45) is 9.46. The van der Waals surface area contributed by atoms with E-state index in [1.165, 1.54) is 12.1 Å². The molecule has 2 fully saturated rings. The summed E-state index contributed by atoms with van der Waals surface area (Å²) in [5.41, 5.74) is 3.32. The summed E-state index contributed by atoms with van der Waals surface area (Å²) in [7, 11) is 2.16. The van der Waals surface area contributed by atoms with Crippen LogP contribution in [-0.4, -0.2) is 51.3 Å². The largest absolute Gasteiger partial charge is 0.349 e. The molecule has 4 aromatic rings. The van der Waals surface area contributed by atoms with Gasteiger partial charge in [0.05, 0.1) is 23.8 Å². The van der Waals surface area contributed by atoms with Gasteiger partial charge in [-0.3, -0.25) is 4.68 Å². The first kappa shape index (κ1) is 22.1. The van der Waals surface area contributed by atoms with E-state index in [1.807, 2.05) is 12.3 Å². The zero-order chi connectivity index (χ0) is 23.9. The van der Waals surface area contributed by atoms with Crippen LogP contribution in [0.1, 0.15) is 43.3 Å². The van der Waals surface area contributed by atoms with Gasteiger partial charge in [0.25, 0.3) is 0 Å². The van der Waals surface area contributed by atoms with E-state index in [0.29, 0.717) is 11.6 Å². The summed E-state index contributed by atoms with van der Waals surface area (Å²) in [6.45, 7) is 2.91. The van der Waals surface area contributed by atoms with Crippen molar-refractivity contribution in [3.63, 3.8) is 0 Å². The number of benzene rings is 2. The smallest absolute Gasteiger partial charge is 0.140 e. The molecular formula is C27H28F2N6. The van der Waals surface area contributed by atoms with Crippen LogP contribution in [0, 0.1) is 11.6 Å². The SMILES string of the molecule is CN1CCC(n2cc(-c3ccc4c(N5CCCC5c5cc(F)ccc5F)ncnc4c3)cn2)CC1. The number of likely N-dealkylation sites (tertiary alicyclic amines) is 1. The predicted molar refractivity (Wildman–Crippen MR) is 132 cm³/mol. The third-order valence-corrected chi connectivity index (χ3v) is 7.45. The highest BCUT2D eigenvalue weighted by atomic mass is 19.1. The fourth-order valence-electron chi connectivity index (χ4n) is 5.51. The van der Waals surface area contributed by atoms with Crippen LogP contribution in [0.3, 0.4) is 0 Å². The summed E-state index contributed by atoms with van der Waals surface area (Å²) < 4.78 is 30.6. The normalized spacial score (nSPS) is 19.6. The lowest BCUT2D eigenvalue weighted by Crippen LogP contribution is -2.31. The molecule has 0 N–H and O–H groups in total. The van der Waals surface area contributed by atoms with E-state index in [9.17, 15) is 8.78 Å². The van der Waals surface area contributed by atoms with E-state index in [1.54, 1.807) is 6.33 Å². The third kappa shape index (κ3) is 4.16. The minimum Gasteiger partial charge on any atom is -0.349 e. The maximum Gasteiger partial charge on any atom is 0.140 e. The van der Waals surface area contributed by atoms with Crippen molar-refractivity contribution >= 4 is 16.7 Å². The van der Waals surface area contributed by atoms with Gasteiger partial charge in [0.2, 0.25) is 0 Å². The van der Waals surface area contributed by atoms with Gasteiger partial charge in [0.15, 0.2) is 0 Å². The van der Waals surface area contributed by atoms with Crippen LogP contribution in [0.5, 0.6) is 0 Å². The number of halogens is 2. The maximum absolute atomic E-state index is 14.6. The Hall–Kier alpha value is -3.39. The van der Waals surface area contributed by atoms with Crippen LogP contribution in [0.4, 0.5) is 14.6 Å². The second-order valence-corrected chi connectivity index (χ2v) is 9.69. The molecule has 6 rings (SSSR count). The number of piperidine rings is 1. The van der Waals surface area contributed by atoms with E-state index in [-0.39, 0.29) is 11.9 Å². The zero-order valence-electron chi connectivity index (χ0n) is 19.7. The van der Waals surface area contributed by atoms with Crippen LogP contribution in [0.2, 0.25) is 0 Å². The first-order chi connectivity index (χ1) is 17.1. The zero-order valence-corrected chi connectivity index (χ0v) is 19.7. The predicted octanol–water partition coefficient (Wildman–Crippen LogP) is 5.38. The Morgan fingerprint density at radius 2 is 1.77 bits per heavy atom. The second-order valence-electron chi connectivity index (χ2n) is 9.69. The minimum atomic E-state index is -0.425. The van der Waals surface area contributed by atoms with Crippen molar-refractivity contribution < 1.29 is 8.78 Å². The Labute approximate surface area is 203 Å². The molecule has 8 heteroatoms. The highest BCUT2D eigenvalue weighted by molar-refractivity contribution is 5.92. The van der Waals surface area contributed by atoms with Gasteiger partial charge in [0.1, 0.15) is 23.8 Å². The van der Waals surface area contributed by atoms with Crippen LogP contribution in [-0.2, 0) is 0 Å². The minimum absolute atomic E-state index is 0.253. The first-order valence-corrected chi connectivity index (χ1v) is 12.3. The lowest BCUT2D eigenvalue weighted by atomic mass is 10.0. The lowest BCUT2D eigenvalue weighted by molar-refractivity contribution is 0.212. The average Bonchev–Trinajstić information content (AvgIpc) is 3.56. The number of hydrogen-bond acceptors (Lipinski definition) is 5. The summed E-state index contributed by atoms with van der Waals surface area (Å²) in [4.78, 5) is 13.5. The van der Waals surface area contributed by atoms with Crippen molar-refractivity contribution in [1.82, 2.24) is 24.6 Å². The Balaban J connectivity index is 1.31. The van der Waals surface area contributed by atoms with Crippen LogP contribution in [0.15, 0.2) is 55.1 Å². The van der Waals surface area contributed by atoms with E-state index in [2.05, 4.69) is 54.9 Å². The lowest BCUT2D eigenvalue weighted by Gasteiger charge is -2.28. The molecule has 4 heterocycles. The molecule has 1 atom stereocenters. The highest BCUT2D eigenvalue weighted by Crippen LogP contribution is 2.39. The number of nitrogens with zero attached hydrogens (tertiary/aromatic N) is 6. The van der Waals surface area contributed by atoms with E-state index in [0.717, 1.165) is 79.2 Å². The summed E-state index contributed by atoms with van der Waals surface area (Å²) in [5.74, 6) is -0.0495. The number of hydrogen-bond donors (Lipinski definition) is 0. The van der Waals surface area contributed by atoms with Gasteiger partial charge < -0.3 is 9.80 Å². The van der Waals surface area contributed by atoms with Gasteiger partial charge in [-0.25, -0.2) is 18.7 Å². The van der Waals surface area contributed by atoms with Gasteiger partial charge in [-0.2, -0.15) is 5.10 Å². The van der Waals surface area contributed by atoms with Crippen molar-refractivity contribution in [2.75, 3.05) is 31.6 Å². The van der Waals surface area contributed by atoms with Crippen molar-refractivity contribution in [3.05, 3.63) is 72.3 Å². The third-order valence-electron chi connectivity index (χ3n) is 7.45. The molecule has 0 saturated carbocycles. The van der Waals surface area contributed by atoms with Gasteiger partial charge >= 0.3 is 0 Å². The molecule has 180 valence electrons. The molecule has 1 unspecified atom stereocenters. The Bertz CT molecular complexity index is 1360. The van der Waals surface area contributed by atoms with Gasteiger partial charge in [-0.1, -0.05) is 6.07 Å². The fraction of sp³-hybridized carbons (Fsp3) is 0.370. The molecule has 2 aliphatic rings. The summed E-state index contributed by atoms with van der Waals surface area (Å²) in [5, 5.41) is 5.56. The van der Waals surface area contributed by atoms with Crippen LogP contribution in [0.25, 0.3) is 22.0 Å². The molecule has 6 nitrogen and oxygen atoms in total. The molecule has 2 aromatic heterocycles. The Morgan fingerprint density at radius 1 is 0.914 bits per heavy atom. The van der Waals surface area contributed by atoms with Gasteiger partial charge in [-0.15, -0.1) is 0 Å². The number of fused-ring (bicyclic) bond motifs is 1. The standard InChI is InChI=1S/C27H28F2N6/c1-33-11-8-21(9-12-33)35-16-19(15-32-35)18-4-6-22-25(13-18)30-17-31-27(22)34-10-2-3-26(34)23-14-20(28)5-7-24(23)29/h4-7,13-17,21,26H,2-3,8-12H2,1H3.